The molecule has 0 saturated heterocycles. The lowest BCUT2D eigenvalue weighted by atomic mass is 10.2. The Bertz CT molecular complexity index is 1010. The van der Waals surface area contributed by atoms with Crippen molar-refractivity contribution in [2.24, 2.45) is 0 Å². The highest BCUT2D eigenvalue weighted by Gasteiger charge is 2.12. The summed E-state index contributed by atoms with van der Waals surface area (Å²) in [6.45, 7) is 5.18. The Morgan fingerprint density at radius 2 is 1.63 bits per heavy atom. The first-order valence-electron chi connectivity index (χ1n) is 8.36. The quantitative estimate of drug-likeness (QED) is 0.704. The molecule has 3 aromatic rings. The number of hydrogen-bond acceptors (Lipinski definition) is 3. The summed E-state index contributed by atoms with van der Waals surface area (Å²) < 4.78 is 1.75. The van der Waals surface area contributed by atoms with Crippen LogP contribution in [0.25, 0.3) is 5.69 Å². The molecule has 0 unspecified atom stereocenters. The first-order chi connectivity index (χ1) is 12.8. The lowest BCUT2D eigenvalue weighted by Crippen LogP contribution is -2.13. The summed E-state index contributed by atoms with van der Waals surface area (Å²) in [6.07, 6.45) is 0. The SMILES string of the molecule is CC(=O)Nc1cccc(NC(=O)c2ccc(-n3nc(C)c(Cl)c3C)cc2)c1. The molecule has 0 atom stereocenters. The van der Waals surface area contributed by atoms with Crippen molar-refractivity contribution >= 4 is 34.8 Å². The van der Waals surface area contributed by atoms with Crippen LogP contribution in [0.1, 0.15) is 28.7 Å². The summed E-state index contributed by atoms with van der Waals surface area (Å²) in [6, 6.07) is 14.1. The molecule has 0 fully saturated rings. The van der Waals surface area contributed by atoms with Gasteiger partial charge in [0, 0.05) is 23.9 Å². The summed E-state index contributed by atoms with van der Waals surface area (Å²) >= 11 is 6.19. The Balaban J connectivity index is 1.76. The van der Waals surface area contributed by atoms with Crippen molar-refractivity contribution in [2.75, 3.05) is 10.6 Å². The second kappa shape index (κ2) is 7.63. The molecule has 0 radical (unpaired) electrons. The minimum absolute atomic E-state index is 0.168. The number of nitrogens with one attached hydrogen (secondary N) is 2. The molecule has 27 heavy (non-hydrogen) atoms. The van der Waals surface area contributed by atoms with Gasteiger partial charge in [-0.05, 0) is 56.3 Å². The van der Waals surface area contributed by atoms with Crippen LogP contribution >= 0.6 is 11.6 Å². The van der Waals surface area contributed by atoms with E-state index in [1.165, 1.54) is 6.92 Å². The van der Waals surface area contributed by atoms with Crippen LogP contribution in [-0.2, 0) is 4.79 Å². The molecular formula is C20H19ClN4O2. The molecule has 0 aliphatic carbocycles. The van der Waals surface area contributed by atoms with E-state index >= 15 is 0 Å². The minimum atomic E-state index is -0.243. The van der Waals surface area contributed by atoms with Crippen LogP contribution in [0.4, 0.5) is 11.4 Å². The van der Waals surface area contributed by atoms with Crippen molar-refractivity contribution in [1.82, 2.24) is 9.78 Å². The number of nitrogens with zero attached hydrogens (tertiary/aromatic N) is 2. The molecule has 0 aliphatic rings. The van der Waals surface area contributed by atoms with Gasteiger partial charge in [0.15, 0.2) is 0 Å². The molecule has 2 N–H and O–H groups in total. The summed E-state index contributed by atoms with van der Waals surface area (Å²) in [5.74, 6) is -0.411. The van der Waals surface area contributed by atoms with E-state index in [0.717, 1.165) is 17.1 Å². The molecule has 0 bridgehead atoms. The fourth-order valence-electron chi connectivity index (χ4n) is 2.71. The molecule has 3 rings (SSSR count). The lowest BCUT2D eigenvalue weighted by Gasteiger charge is -2.09. The van der Waals surface area contributed by atoms with Crippen molar-refractivity contribution in [3.05, 3.63) is 70.5 Å². The summed E-state index contributed by atoms with van der Waals surface area (Å²) in [7, 11) is 0. The third-order valence-corrected chi connectivity index (χ3v) is 4.56. The van der Waals surface area contributed by atoms with Gasteiger partial charge in [0.2, 0.25) is 5.91 Å². The maximum absolute atomic E-state index is 12.5. The number of benzene rings is 2. The van der Waals surface area contributed by atoms with Gasteiger partial charge in [0.05, 0.1) is 22.1 Å². The van der Waals surface area contributed by atoms with E-state index in [0.29, 0.717) is 22.0 Å². The molecule has 138 valence electrons. The number of carbonyl (C=O) groups is 2. The van der Waals surface area contributed by atoms with E-state index in [2.05, 4.69) is 15.7 Å². The van der Waals surface area contributed by atoms with Crippen molar-refractivity contribution in [3.63, 3.8) is 0 Å². The van der Waals surface area contributed by atoms with Crippen LogP contribution in [0.2, 0.25) is 5.02 Å². The van der Waals surface area contributed by atoms with E-state index in [-0.39, 0.29) is 11.8 Å². The number of aromatic nitrogens is 2. The molecule has 2 amide bonds. The van der Waals surface area contributed by atoms with Crippen molar-refractivity contribution < 1.29 is 9.59 Å². The first-order valence-corrected chi connectivity index (χ1v) is 8.74. The zero-order valence-electron chi connectivity index (χ0n) is 15.2. The normalized spacial score (nSPS) is 10.5. The van der Waals surface area contributed by atoms with Gasteiger partial charge >= 0.3 is 0 Å². The first kappa shape index (κ1) is 18.7. The standard InChI is InChI=1S/C20H19ClN4O2/c1-12-19(21)13(2)25(24-12)18-9-7-15(8-10-18)20(27)23-17-6-4-5-16(11-17)22-14(3)26/h4-11H,1-3H3,(H,22,26)(H,23,27). The monoisotopic (exact) mass is 382 g/mol. The lowest BCUT2D eigenvalue weighted by molar-refractivity contribution is -0.114. The van der Waals surface area contributed by atoms with Crippen molar-refractivity contribution in [3.8, 4) is 5.69 Å². The van der Waals surface area contributed by atoms with Gasteiger partial charge in [-0.3, -0.25) is 9.59 Å². The van der Waals surface area contributed by atoms with E-state index in [9.17, 15) is 9.59 Å². The molecular weight excluding hydrogens is 364 g/mol. The minimum Gasteiger partial charge on any atom is -0.326 e. The Labute approximate surface area is 162 Å². The maximum atomic E-state index is 12.5. The highest BCUT2D eigenvalue weighted by molar-refractivity contribution is 6.31. The summed E-state index contributed by atoms with van der Waals surface area (Å²) in [4.78, 5) is 23.6. The van der Waals surface area contributed by atoms with Gasteiger partial charge in [0.25, 0.3) is 5.91 Å². The Kier molecular flexibility index (Phi) is 5.28. The van der Waals surface area contributed by atoms with E-state index in [1.807, 2.05) is 26.0 Å². The predicted octanol–water partition coefficient (Wildman–Crippen LogP) is 4.35. The highest BCUT2D eigenvalue weighted by Crippen LogP contribution is 2.23. The number of anilines is 2. The van der Waals surface area contributed by atoms with Gasteiger partial charge in [-0.15, -0.1) is 0 Å². The highest BCUT2D eigenvalue weighted by atomic mass is 35.5. The van der Waals surface area contributed by atoms with E-state index < -0.39 is 0 Å². The zero-order valence-corrected chi connectivity index (χ0v) is 16.0. The Hall–Kier alpha value is -3.12. The van der Waals surface area contributed by atoms with Crippen molar-refractivity contribution in [2.45, 2.75) is 20.8 Å². The zero-order chi connectivity index (χ0) is 19.6. The molecule has 7 heteroatoms. The molecule has 0 spiro atoms. The van der Waals surface area contributed by atoms with Crippen LogP contribution in [-0.4, -0.2) is 21.6 Å². The smallest absolute Gasteiger partial charge is 0.255 e. The number of rotatable bonds is 4. The number of aryl methyl sites for hydroxylation is 1. The molecule has 1 heterocycles. The second-order valence-corrected chi connectivity index (χ2v) is 6.54. The fourth-order valence-corrected chi connectivity index (χ4v) is 2.83. The van der Waals surface area contributed by atoms with E-state index in [4.69, 9.17) is 11.6 Å². The number of amides is 2. The number of hydrogen-bond donors (Lipinski definition) is 2. The van der Waals surface area contributed by atoms with Gasteiger partial charge in [0.1, 0.15) is 0 Å². The van der Waals surface area contributed by atoms with Gasteiger partial charge in [-0.25, -0.2) is 4.68 Å². The topological polar surface area (TPSA) is 76.0 Å². The van der Waals surface area contributed by atoms with Crippen LogP contribution in [0.5, 0.6) is 0 Å². The van der Waals surface area contributed by atoms with Gasteiger partial charge in [-0.2, -0.15) is 5.10 Å². The molecule has 0 saturated carbocycles. The summed E-state index contributed by atoms with van der Waals surface area (Å²) in [5, 5.41) is 10.5. The predicted molar refractivity (Wildman–Crippen MR) is 107 cm³/mol. The van der Waals surface area contributed by atoms with Crippen LogP contribution in [0, 0.1) is 13.8 Å². The Morgan fingerprint density at radius 1 is 1.00 bits per heavy atom. The van der Waals surface area contributed by atoms with Crippen LogP contribution in [0.3, 0.4) is 0 Å². The van der Waals surface area contributed by atoms with Crippen LogP contribution in [0.15, 0.2) is 48.5 Å². The summed E-state index contributed by atoms with van der Waals surface area (Å²) in [5.41, 5.74) is 4.16. The molecule has 2 aromatic carbocycles. The molecule has 6 nitrogen and oxygen atoms in total. The maximum Gasteiger partial charge on any atom is 0.255 e. The Morgan fingerprint density at radius 3 is 2.19 bits per heavy atom. The van der Waals surface area contributed by atoms with Crippen LogP contribution < -0.4 is 10.6 Å². The number of halogens is 1. The van der Waals surface area contributed by atoms with Gasteiger partial charge < -0.3 is 10.6 Å². The molecule has 1 aromatic heterocycles. The average Bonchev–Trinajstić information content (AvgIpc) is 2.89. The third kappa shape index (κ3) is 4.17. The second-order valence-electron chi connectivity index (χ2n) is 6.16. The largest absolute Gasteiger partial charge is 0.326 e. The molecule has 0 aliphatic heterocycles. The third-order valence-electron chi connectivity index (χ3n) is 4.02. The fraction of sp³-hybridized carbons (Fsp3) is 0.150. The average molecular weight is 383 g/mol. The van der Waals surface area contributed by atoms with Gasteiger partial charge in [-0.1, -0.05) is 17.7 Å². The number of carbonyl (C=O) groups excluding carboxylic acids is 2. The van der Waals surface area contributed by atoms with E-state index in [1.54, 1.807) is 41.1 Å². The van der Waals surface area contributed by atoms with Crippen molar-refractivity contribution in [1.29, 1.82) is 0 Å².